The van der Waals surface area contributed by atoms with Crippen LogP contribution in [0.3, 0.4) is 0 Å². The van der Waals surface area contributed by atoms with Gasteiger partial charge < -0.3 is 14.9 Å². The van der Waals surface area contributed by atoms with E-state index in [4.69, 9.17) is 14.9 Å². The van der Waals surface area contributed by atoms with Crippen molar-refractivity contribution in [2.24, 2.45) is 5.73 Å². The first-order chi connectivity index (χ1) is 9.61. The SMILES string of the molecule is N#CC1=C(N)Oc2[nH]c(=O)[nH]c(=O)c2[C@H]1c1ccco1. The molecule has 0 unspecified atom stereocenters. The third-order valence-electron chi connectivity index (χ3n) is 2.95. The van der Waals surface area contributed by atoms with Crippen LogP contribution >= 0.6 is 0 Å². The Labute approximate surface area is 111 Å². The van der Waals surface area contributed by atoms with Gasteiger partial charge in [-0.25, -0.2) is 4.79 Å². The minimum absolute atomic E-state index is 0.0463. The highest BCUT2D eigenvalue weighted by Crippen LogP contribution is 2.38. The Morgan fingerprint density at radius 2 is 2.15 bits per heavy atom. The Morgan fingerprint density at radius 3 is 2.80 bits per heavy atom. The van der Waals surface area contributed by atoms with Crippen LogP contribution in [0.1, 0.15) is 17.2 Å². The van der Waals surface area contributed by atoms with Crippen molar-refractivity contribution in [1.82, 2.24) is 9.97 Å². The van der Waals surface area contributed by atoms with Gasteiger partial charge in [-0.3, -0.25) is 14.8 Å². The van der Waals surface area contributed by atoms with Crippen molar-refractivity contribution in [3.63, 3.8) is 0 Å². The summed E-state index contributed by atoms with van der Waals surface area (Å²) in [5.41, 5.74) is 4.40. The molecule has 1 aliphatic rings. The number of nitrogens with one attached hydrogen (secondary N) is 2. The molecule has 1 aliphatic heterocycles. The zero-order valence-corrected chi connectivity index (χ0v) is 9.97. The van der Waals surface area contributed by atoms with Gasteiger partial charge in [0.05, 0.1) is 17.7 Å². The van der Waals surface area contributed by atoms with Crippen molar-refractivity contribution in [1.29, 1.82) is 5.26 Å². The summed E-state index contributed by atoms with van der Waals surface area (Å²) in [6.45, 7) is 0. The molecule has 2 aromatic heterocycles. The summed E-state index contributed by atoms with van der Waals surface area (Å²) in [6.07, 6.45) is 1.41. The van der Waals surface area contributed by atoms with Crippen LogP contribution in [-0.4, -0.2) is 9.97 Å². The highest BCUT2D eigenvalue weighted by atomic mass is 16.5. The van der Waals surface area contributed by atoms with Gasteiger partial charge in [0.1, 0.15) is 17.4 Å². The molecule has 0 aliphatic carbocycles. The normalized spacial score (nSPS) is 17.2. The van der Waals surface area contributed by atoms with E-state index < -0.39 is 17.2 Å². The number of aromatic amines is 2. The van der Waals surface area contributed by atoms with E-state index in [0.29, 0.717) is 5.76 Å². The van der Waals surface area contributed by atoms with Crippen LogP contribution in [0.25, 0.3) is 0 Å². The van der Waals surface area contributed by atoms with E-state index in [-0.39, 0.29) is 22.9 Å². The molecule has 8 nitrogen and oxygen atoms in total. The van der Waals surface area contributed by atoms with E-state index in [1.807, 2.05) is 6.07 Å². The standard InChI is InChI=1S/C12H8N4O4/c13-4-5-7(6-2-1-3-19-6)8-10(17)15-12(18)16-11(8)20-9(5)14/h1-3,7H,14H2,(H2,15,16,17,18)/t7-/m1/s1. The highest BCUT2D eigenvalue weighted by Gasteiger charge is 2.35. The summed E-state index contributed by atoms with van der Waals surface area (Å²) < 4.78 is 10.4. The number of hydrogen-bond donors (Lipinski definition) is 3. The van der Waals surface area contributed by atoms with Crippen molar-refractivity contribution in [2.45, 2.75) is 5.92 Å². The van der Waals surface area contributed by atoms with Gasteiger partial charge in [0.25, 0.3) is 5.56 Å². The molecule has 0 radical (unpaired) electrons. The Balaban J connectivity index is 2.35. The number of aromatic nitrogens is 2. The largest absolute Gasteiger partial charge is 0.468 e. The van der Waals surface area contributed by atoms with Gasteiger partial charge >= 0.3 is 5.69 Å². The molecular formula is C12H8N4O4. The minimum atomic E-state index is -0.820. The summed E-state index contributed by atoms with van der Waals surface area (Å²) in [4.78, 5) is 27.7. The Morgan fingerprint density at radius 1 is 1.35 bits per heavy atom. The first-order valence-corrected chi connectivity index (χ1v) is 5.59. The third-order valence-corrected chi connectivity index (χ3v) is 2.95. The quantitative estimate of drug-likeness (QED) is 0.661. The average molecular weight is 272 g/mol. The van der Waals surface area contributed by atoms with Gasteiger partial charge in [-0.1, -0.05) is 0 Å². The maximum Gasteiger partial charge on any atom is 0.328 e. The van der Waals surface area contributed by atoms with Crippen molar-refractivity contribution in [3.8, 4) is 11.9 Å². The molecule has 4 N–H and O–H groups in total. The first kappa shape index (κ1) is 11.9. The molecule has 1 atom stereocenters. The van der Waals surface area contributed by atoms with Crippen LogP contribution in [0.15, 0.2) is 43.9 Å². The first-order valence-electron chi connectivity index (χ1n) is 5.59. The van der Waals surface area contributed by atoms with E-state index in [1.54, 1.807) is 12.1 Å². The summed E-state index contributed by atoms with van der Waals surface area (Å²) in [7, 11) is 0. The number of rotatable bonds is 1. The lowest BCUT2D eigenvalue weighted by atomic mass is 9.89. The monoisotopic (exact) mass is 272 g/mol. The second-order valence-corrected chi connectivity index (χ2v) is 4.09. The van der Waals surface area contributed by atoms with Crippen LogP contribution in [0.4, 0.5) is 0 Å². The fourth-order valence-corrected chi connectivity index (χ4v) is 2.13. The van der Waals surface area contributed by atoms with Crippen molar-refractivity contribution in [2.75, 3.05) is 0 Å². The molecule has 0 bridgehead atoms. The lowest BCUT2D eigenvalue weighted by Gasteiger charge is -2.22. The fourth-order valence-electron chi connectivity index (χ4n) is 2.13. The zero-order valence-electron chi connectivity index (χ0n) is 9.97. The van der Waals surface area contributed by atoms with E-state index in [9.17, 15) is 14.9 Å². The van der Waals surface area contributed by atoms with Gasteiger partial charge in [-0.15, -0.1) is 0 Å². The van der Waals surface area contributed by atoms with Crippen molar-refractivity contribution in [3.05, 3.63) is 62.0 Å². The van der Waals surface area contributed by atoms with Gasteiger partial charge in [-0.05, 0) is 12.1 Å². The number of ether oxygens (including phenoxy) is 1. The van der Waals surface area contributed by atoms with E-state index in [2.05, 4.69) is 9.97 Å². The van der Waals surface area contributed by atoms with Crippen LogP contribution in [-0.2, 0) is 0 Å². The summed E-state index contributed by atoms with van der Waals surface area (Å²) >= 11 is 0. The predicted molar refractivity (Wildman–Crippen MR) is 65.7 cm³/mol. The fraction of sp³-hybridized carbons (Fsp3) is 0.0833. The van der Waals surface area contributed by atoms with Crippen LogP contribution < -0.4 is 21.7 Å². The summed E-state index contributed by atoms with van der Waals surface area (Å²) in [5, 5.41) is 9.21. The minimum Gasteiger partial charge on any atom is -0.468 e. The maximum atomic E-state index is 12.0. The molecule has 0 saturated carbocycles. The molecule has 8 heteroatoms. The number of allylic oxidation sites excluding steroid dienone is 1. The molecule has 0 fully saturated rings. The third kappa shape index (κ3) is 1.61. The Bertz CT molecular complexity index is 851. The van der Waals surface area contributed by atoms with Crippen LogP contribution in [0.5, 0.6) is 5.88 Å². The number of nitrogens with two attached hydrogens (primary N) is 1. The van der Waals surface area contributed by atoms with Crippen LogP contribution in [0, 0.1) is 11.3 Å². The lowest BCUT2D eigenvalue weighted by molar-refractivity contribution is 0.365. The number of H-pyrrole nitrogens is 2. The topological polar surface area (TPSA) is 138 Å². The molecule has 0 saturated heterocycles. The van der Waals surface area contributed by atoms with Gasteiger partial charge in [0.15, 0.2) is 0 Å². The van der Waals surface area contributed by atoms with Gasteiger partial charge in [-0.2, -0.15) is 5.26 Å². The number of hydrogen-bond acceptors (Lipinski definition) is 6. The van der Waals surface area contributed by atoms with E-state index in [0.717, 1.165) is 0 Å². The second-order valence-electron chi connectivity index (χ2n) is 4.09. The molecule has 100 valence electrons. The smallest absolute Gasteiger partial charge is 0.328 e. The second kappa shape index (κ2) is 4.17. The molecule has 20 heavy (non-hydrogen) atoms. The van der Waals surface area contributed by atoms with E-state index >= 15 is 0 Å². The van der Waals surface area contributed by atoms with Crippen LogP contribution in [0.2, 0.25) is 0 Å². The highest BCUT2D eigenvalue weighted by molar-refractivity contribution is 5.50. The number of nitriles is 1. The number of fused-ring (bicyclic) bond motifs is 1. The van der Waals surface area contributed by atoms with Crippen molar-refractivity contribution < 1.29 is 9.15 Å². The molecule has 0 amide bonds. The number of furan rings is 1. The van der Waals surface area contributed by atoms with E-state index in [1.165, 1.54) is 6.26 Å². The summed E-state index contributed by atoms with van der Waals surface area (Å²) in [5.74, 6) is -0.731. The lowest BCUT2D eigenvalue weighted by Crippen LogP contribution is -2.33. The molecule has 0 spiro atoms. The van der Waals surface area contributed by atoms with Gasteiger partial charge in [0, 0.05) is 0 Å². The average Bonchev–Trinajstić information content (AvgIpc) is 2.90. The summed E-state index contributed by atoms with van der Waals surface area (Å²) in [6, 6.07) is 5.13. The van der Waals surface area contributed by atoms with Crippen molar-refractivity contribution >= 4 is 0 Å². The molecule has 0 aromatic carbocycles. The Hall–Kier alpha value is -3.21. The predicted octanol–water partition coefficient (Wildman–Crippen LogP) is -0.126. The molecular weight excluding hydrogens is 264 g/mol. The molecule has 3 heterocycles. The molecule has 2 aromatic rings. The Kier molecular flexibility index (Phi) is 2.47. The zero-order chi connectivity index (χ0) is 14.3. The maximum absolute atomic E-state index is 12.0. The number of nitrogens with zero attached hydrogens (tertiary/aromatic N) is 1. The van der Waals surface area contributed by atoms with Gasteiger partial charge in [0.2, 0.25) is 11.8 Å². The molecule has 3 rings (SSSR count).